The Morgan fingerprint density at radius 3 is 2.86 bits per heavy atom. The molecule has 0 radical (unpaired) electrons. The average Bonchev–Trinajstić information content (AvgIpc) is 2.47. The van der Waals surface area contributed by atoms with Gasteiger partial charge in [0.15, 0.2) is 0 Å². The van der Waals surface area contributed by atoms with Crippen LogP contribution < -0.4 is 5.43 Å². The Kier molecular flexibility index (Phi) is 3.40. The Hall–Kier alpha value is -1.97. The summed E-state index contributed by atoms with van der Waals surface area (Å²) in [5, 5.41) is 3.99. The molecule has 0 saturated heterocycles. The van der Waals surface area contributed by atoms with Crippen molar-refractivity contribution in [2.75, 3.05) is 0 Å². The largest absolute Gasteiger partial charge is 0.274 e. The zero-order valence-corrected chi connectivity index (χ0v) is 12.3. The molecule has 2 unspecified atom stereocenters. The number of fused-ring (bicyclic) bond motifs is 1. The van der Waals surface area contributed by atoms with Gasteiger partial charge in [0, 0.05) is 0 Å². The summed E-state index contributed by atoms with van der Waals surface area (Å²) in [7, 11) is 0. The first-order valence-corrected chi connectivity index (χ1v) is 7.28. The number of halogens is 1. The molecule has 0 heterocycles. The summed E-state index contributed by atoms with van der Waals surface area (Å²) < 4.78 is 13.5. The molecule has 1 aromatic rings. The minimum atomic E-state index is -0.537. The third-order valence-corrected chi connectivity index (χ3v) is 5.01. The van der Waals surface area contributed by atoms with Gasteiger partial charge in [-0.15, -0.1) is 0 Å². The molecule has 4 heteroatoms. The molecule has 2 atom stereocenters. The van der Waals surface area contributed by atoms with Gasteiger partial charge in [-0.3, -0.25) is 4.79 Å². The quantitative estimate of drug-likeness (QED) is 0.670. The molecule has 3 aliphatic rings. The lowest BCUT2D eigenvalue weighted by molar-refractivity contribution is -0.00126. The number of carbonyl (C=O) groups excluding carboxylic acids is 1. The standard InChI is InChI=1S/C17H19FN2O/c1-17(2)12-8-7-11(14(17)9-12)10-19-20-16(21)13-5-3-4-6-15(13)18/h3-7,10,12,14H,8-9H2,1-2H3,(H,20,21). The van der Waals surface area contributed by atoms with E-state index in [1.165, 1.54) is 24.1 Å². The van der Waals surface area contributed by atoms with Crippen molar-refractivity contribution in [1.82, 2.24) is 5.43 Å². The SMILES string of the molecule is CC1(C)C2CC=C(C=NNC(=O)c3ccccc3F)C1C2. The molecule has 4 rings (SSSR count). The van der Waals surface area contributed by atoms with E-state index >= 15 is 0 Å². The van der Waals surface area contributed by atoms with Crippen LogP contribution in [0.15, 0.2) is 41.0 Å². The summed E-state index contributed by atoms with van der Waals surface area (Å²) in [6.45, 7) is 4.56. The molecule has 1 fully saturated rings. The van der Waals surface area contributed by atoms with E-state index in [0.29, 0.717) is 11.3 Å². The van der Waals surface area contributed by atoms with Crippen molar-refractivity contribution in [2.24, 2.45) is 22.4 Å². The highest BCUT2D eigenvalue weighted by atomic mass is 19.1. The molecule has 1 aromatic carbocycles. The van der Waals surface area contributed by atoms with Crippen LogP contribution in [0.25, 0.3) is 0 Å². The normalized spacial score (nSPS) is 26.1. The van der Waals surface area contributed by atoms with Crippen molar-refractivity contribution in [3.8, 4) is 0 Å². The lowest BCUT2D eigenvalue weighted by Gasteiger charge is -2.55. The van der Waals surface area contributed by atoms with Crippen LogP contribution >= 0.6 is 0 Å². The highest BCUT2D eigenvalue weighted by Crippen LogP contribution is 2.58. The van der Waals surface area contributed by atoms with Crippen LogP contribution in [0.4, 0.5) is 4.39 Å². The zero-order chi connectivity index (χ0) is 15.0. The fourth-order valence-corrected chi connectivity index (χ4v) is 3.42. The first kappa shape index (κ1) is 14.0. The predicted molar refractivity (Wildman–Crippen MR) is 80.4 cm³/mol. The molecule has 1 saturated carbocycles. The van der Waals surface area contributed by atoms with E-state index in [9.17, 15) is 9.18 Å². The molecule has 1 N–H and O–H groups in total. The maximum Gasteiger partial charge on any atom is 0.274 e. The number of rotatable bonds is 3. The van der Waals surface area contributed by atoms with Gasteiger partial charge in [0.2, 0.25) is 0 Å². The maximum absolute atomic E-state index is 13.5. The van der Waals surface area contributed by atoms with Gasteiger partial charge >= 0.3 is 0 Å². The van der Waals surface area contributed by atoms with Crippen molar-refractivity contribution in [2.45, 2.75) is 26.7 Å². The number of carbonyl (C=O) groups is 1. The highest BCUT2D eigenvalue weighted by molar-refractivity contribution is 5.95. The number of hydrazone groups is 1. The van der Waals surface area contributed by atoms with Crippen LogP contribution in [0.3, 0.4) is 0 Å². The van der Waals surface area contributed by atoms with Crippen LogP contribution in [0.5, 0.6) is 0 Å². The van der Waals surface area contributed by atoms with E-state index in [4.69, 9.17) is 0 Å². The van der Waals surface area contributed by atoms with Crippen molar-refractivity contribution in [3.05, 3.63) is 47.3 Å². The molecule has 3 nitrogen and oxygen atoms in total. The van der Waals surface area contributed by atoms with E-state index in [1.54, 1.807) is 18.3 Å². The second-order valence-electron chi connectivity index (χ2n) is 6.43. The van der Waals surface area contributed by atoms with E-state index in [2.05, 4.69) is 30.5 Å². The second-order valence-corrected chi connectivity index (χ2v) is 6.43. The summed E-state index contributed by atoms with van der Waals surface area (Å²) in [5.41, 5.74) is 3.91. The Morgan fingerprint density at radius 2 is 2.19 bits per heavy atom. The smallest absolute Gasteiger partial charge is 0.267 e. The minimum Gasteiger partial charge on any atom is -0.267 e. The number of benzene rings is 1. The lowest BCUT2D eigenvalue weighted by Crippen LogP contribution is -2.48. The fraction of sp³-hybridized carbons (Fsp3) is 0.412. The molecule has 21 heavy (non-hydrogen) atoms. The molecule has 3 aliphatic carbocycles. The average molecular weight is 286 g/mol. The fourth-order valence-electron chi connectivity index (χ4n) is 3.42. The van der Waals surface area contributed by atoms with Gasteiger partial charge in [0.25, 0.3) is 5.91 Å². The Labute approximate surface area is 123 Å². The Morgan fingerprint density at radius 1 is 1.43 bits per heavy atom. The van der Waals surface area contributed by atoms with Gasteiger partial charge in [-0.25, -0.2) is 9.82 Å². The Balaban J connectivity index is 1.65. The third kappa shape index (κ3) is 2.39. The van der Waals surface area contributed by atoms with Gasteiger partial charge in [-0.1, -0.05) is 32.1 Å². The second kappa shape index (κ2) is 5.10. The van der Waals surface area contributed by atoms with E-state index in [0.717, 1.165) is 12.3 Å². The number of hydrogen-bond donors (Lipinski definition) is 1. The summed E-state index contributed by atoms with van der Waals surface area (Å²) in [6, 6.07) is 5.89. The lowest BCUT2D eigenvalue weighted by atomic mass is 9.49. The first-order valence-electron chi connectivity index (χ1n) is 7.28. The Bertz CT molecular complexity index is 633. The molecule has 110 valence electrons. The molecule has 1 amide bonds. The van der Waals surface area contributed by atoms with E-state index in [1.807, 2.05) is 0 Å². The maximum atomic E-state index is 13.5. The highest BCUT2D eigenvalue weighted by Gasteiger charge is 2.50. The van der Waals surface area contributed by atoms with Crippen LogP contribution in [-0.4, -0.2) is 12.1 Å². The number of hydrogen-bond acceptors (Lipinski definition) is 2. The van der Waals surface area contributed by atoms with Gasteiger partial charge < -0.3 is 0 Å². The number of allylic oxidation sites excluding steroid dienone is 2. The van der Waals surface area contributed by atoms with Crippen LogP contribution in [0, 0.1) is 23.1 Å². The number of nitrogens with zero attached hydrogens (tertiary/aromatic N) is 1. The van der Waals surface area contributed by atoms with E-state index < -0.39 is 11.7 Å². The van der Waals surface area contributed by atoms with Crippen LogP contribution in [-0.2, 0) is 0 Å². The molecule has 0 aromatic heterocycles. The number of nitrogens with one attached hydrogen (secondary N) is 1. The summed E-state index contributed by atoms with van der Waals surface area (Å²) in [6.07, 6.45) is 6.18. The predicted octanol–water partition coefficient (Wildman–Crippen LogP) is 3.53. The molecule has 0 aliphatic heterocycles. The number of amides is 1. The van der Waals surface area contributed by atoms with E-state index in [-0.39, 0.29) is 5.56 Å². The monoisotopic (exact) mass is 286 g/mol. The van der Waals surface area contributed by atoms with Crippen LogP contribution in [0.1, 0.15) is 37.0 Å². The van der Waals surface area contributed by atoms with Crippen molar-refractivity contribution in [1.29, 1.82) is 0 Å². The summed E-state index contributed by atoms with van der Waals surface area (Å²) in [5.74, 6) is 0.231. The van der Waals surface area contributed by atoms with Crippen molar-refractivity contribution < 1.29 is 9.18 Å². The molecule has 0 spiro atoms. The molecular weight excluding hydrogens is 267 g/mol. The van der Waals surface area contributed by atoms with Crippen LogP contribution in [0.2, 0.25) is 0 Å². The minimum absolute atomic E-state index is 0.0105. The van der Waals surface area contributed by atoms with Crippen molar-refractivity contribution in [3.63, 3.8) is 0 Å². The molecule has 2 bridgehead atoms. The third-order valence-electron chi connectivity index (χ3n) is 5.01. The molecular formula is C17H19FN2O. The first-order chi connectivity index (χ1) is 10.00. The van der Waals surface area contributed by atoms with Crippen molar-refractivity contribution >= 4 is 12.1 Å². The topological polar surface area (TPSA) is 41.5 Å². The van der Waals surface area contributed by atoms with Gasteiger partial charge in [-0.2, -0.15) is 5.10 Å². The van der Waals surface area contributed by atoms with Gasteiger partial charge in [0.1, 0.15) is 5.82 Å². The zero-order valence-electron chi connectivity index (χ0n) is 12.3. The van der Waals surface area contributed by atoms with Gasteiger partial charge in [0.05, 0.1) is 11.8 Å². The van der Waals surface area contributed by atoms with Gasteiger partial charge in [-0.05, 0) is 47.8 Å². The summed E-state index contributed by atoms with van der Waals surface area (Å²) >= 11 is 0. The summed E-state index contributed by atoms with van der Waals surface area (Å²) in [4.78, 5) is 11.8.